The van der Waals surface area contributed by atoms with Crippen LogP contribution in [0.1, 0.15) is 58.6 Å². The molecule has 0 radical (unpaired) electrons. The van der Waals surface area contributed by atoms with Crippen LogP contribution in [-0.2, 0) is 0 Å². The van der Waals surface area contributed by atoms with Crippen LogP contribution in [0.3, 0.4) is 0 Å². The quantitative estimate of drug-likeness (QED) is 0.820. The van der Waals surface area contributed by atoms with Crippen molar-refractivity contribution in [3.05, 3.63) is 35.9 Å². The summed E-state index contributed by atoms with van der Waals surface area (Å²) in [6, 6.07) is 12.0. The summed E-state index contributed by atoms with van der Waals surface area (Å²) in [5, 5.41) is 3.92. The smallest absolute Gasteiger partial charge is 0.0345 e. The van der Waals surface area contributed by atoms with Gasteiger partial charge < -0.3 is 5.32 Å². The SMILES string of the molecule is CC(C)C(NC1CCCC1(C)C)c1ccccc1. The average molecular weight is 245 g/mol. The minimum Gasteiger partial charge on any atom is -0.306 e. The maximum absolute atomic E-state index is 3.92. The lowest BCUT2D eigenvalue weighted by atomic mass is 9.85. The summed E-state index contributed by atoms with van der Waals surface area (Å²) in [6.45, 7) is 9.43. The molecule has 0 saturated heterocycles. The van der Waals surface area contributed by atoms with E-state index in [1.54, 1.807) is 0 Å². The van der Waals surface area contributed by atoms with Crippen molar-refractivity contribution in [1.29, 1.82) is 0 Å². The molecule has 0 aromatic heterocycles. The van der Waals surface area contributed by atoms with Gasteiger partial charge in [0.15, 0.2) is 0 Å². The molecule has 1 saturated carbocycles. The highest BCUT2D eigenvalue weighted by molar-refractivity contribution is 5.20. The van der Waals surface area contributed by atoms with E-state index >= 15 is 0 Å². The Kier molecular flexibility index (Phi) is 4.11. The lowest BCUT2D eigenvalue weighted by molar-refractivity contribution is 0.240. The van der Waals surface area contributed by atoms with Crippen LogP contribution in [0, 0.1) is 11.3 Å². The number of hydrogen-bond donors (Lipinski definition) is 1. The molecule has 1 nitrogen and oxygen atoms in total. The predicted molar refractivity (Wildman–Crippen MR) is 78.6 cm³/mol. The monoisotopic (exact) mass is 245 g/mol. The first-order valence-corrected chi connectivity index (χ1v) is 7.32. The second-order valence-corrected chi connectivity index (χ2v) is 6.73. The molecule has 2 atom stereocenters. The Bertz CT molecular complexity index is 366. The van der Waals surface area contributed by atoms with Crippen molar-refractivity contribution in [1.82, 2.24) is 5.32 Å². The first kappa shape index (κ1) is 13.6. The molecule has 1 aliphatic carbocycles. The van der Waals surface area contributed by atoms with Gasteiger partial charge in [-0.15, -0.1) is 0 Å². The maximum atomic E-state index is 3.92. The molecule has 1 fully saturated rings. The van der Waals surface area contributed by atoms with Gasteiger partial charge in [0.1, 0.15) is 0 Å². The fourth-order valence-corrected chi connectivity index (χ4v) is 3.19. The van der Waals surface area contributed by atoms with Gasteiger partial charge >= 0.3 is 0 Å². The maximum Gasteiger partial charge on any atom is 0.0345 e. The first-order valence-electron chi connectivity index (χ1n) is 7.32. The molecule has 0 amide bonds. The standard InChI is InChI=1S/C17H27N/c1-13(2)16(14-9-6-5-7-10-14)18-15-11-8-12-17(15,3)4/h5-7,9-10,13,15-16,18H,8,11-12H2,1-4H3. The van der Waals surface area contributed by atoms with Gasteiger partial charge in [-0.05, 0) is 29.7 Å². The van der Waals surface area contributed by atoms with E-state index < -0.39 is 0 Å². The molecule has 2 unspecified atom stereocenters. The van der Waals surface area contributed by atoms with Crippen LogP contribution in [0.25, 0.3) is 0 Å². The molecule has 18 heavy (non-hydrogen) atoms. The fraction of sp³-hybridized carbons (Fsp3) is 0.647. The number of hydrogen-bond acceptors (Lipinski definition) is 1. The summed E-state index contributed by atoms with van der Waals surface area (Å²) in [6.07, 6.45) is 4.04. The third kappa shape index (κ3) is 2.95. The van der Waals surface area contributed by atoms with Crippen LogP contribution in [0.5, 0.6) is 0 Å². The van der Waals surface area contributed by atoms with E-state index in [-0.39, 0.29) is 0 Å². The van der Waals surface area contributed by atoms with Crippen molar-refractivity contribution in [2.45, 2.75) is 59.0 Å². The predicted octanol–water partition coefficient (Wildman–Crippen LogP) is 4.55. The van der Waals surface area contributed by atoms with Crippen molar-refractivity contribution >= 4 is 0 Å². The Labute approximate surface area is 112 Å². The Morgan fingerprint density at radius 1 is 1.17 bits per heavy atom. The highest BCUT2D eigenvalue weighted by atomic mass is 15.0. The van der Waals surface area contributed by atoms with Crippen LogP contribution < -0.4 is 5.32 Å². The normalized spacial score (nSPS) is 24.4. The lowest BCUT2D eigenvalue weighted by Gasteiger charge is -2.34. The summed E-state index contributed by atoms with van der Waals surface area (Å²) in [5.41, 5.74) is 1.87. The van der Waals surface area contributed by atoms with E-state index in [0.29, 0.717) is 23.4 Å². The molecular formula is C17H27N. The molecule has 0 spiro atoms. The highest BCUT2D eigenvalue weighted by Gasteiger charge is 2.36. The number of benzene rings is 1. The summed E-state index contributed by atoms with van der Waals surface area (Å²) < 4.78 is 0. The van der Waals surface area contributed by atoms with E-state index in [1.165, 1.54) is 24.8 Å². The van der Waals surface area contributed by atoms with Crippen molar-refractivity contribution in [2.24, 2.45) is 11.3 Å². The Morgan fingerprint density at radius 2 is 1.83 bits per heavy atom. The van der Waals surface area contributed by atoms with Crippen molar-refractivity contribution < 1.29 is 0 Å². The van der Waals surface area contributed by atoms with Gasteiger partial charge in [0.2, 0.25) is 0 Å². The molecule has 1 N–H and O–H groups in total. The summed E-state index contributed by atoms with van der Waals surface area (Å²) in [7, 11) is 0. The molecule has 0 bridgehead atoms. The fourth-order valence-electron chi connectivity index (χ4n) is 3.19. The molecule has 1 aromatic rings. The second-order valence-electron chi connectivity index (χ2n) is 6.73. The first-order chi connectivity index (χ1) is 8.50. The second kappa shape index (κ2) is 5.44. The van der Waals surface area contributed by atoms with Crippen LogP contribution in [0.15, 0.2) is 30.3 Å². The van der Waals surface area contributed by atoms with Gasteiger partial charge in [0.05, 0.1) is 0 Å². The molecule has 1 aliphatic rings. The van der Waals surface area contributed by atoms with Gasteiger partial charge in [-0.1, -0.05) is 64.4 Å². The highest BCUT2D eigenvalue weighted by Crippen LogP contribution is 2.39. The Hall–Kier alpha value is -0.820. The van der Waals surface area contributed by atoms with Gasteiger partial charge in [-0.25, -0.2) is 0 Å². The van der Waals surface area contributed by atoms with Crippen molar-refractivity contribution in [2.75, 3.05) is 0 Å². The third-order valence-corrected chi connectivity index (χ3v) is 4.46. The molecule has 0 heterocycles. The van der Waals surface area contributed by atoms with Crippen LogP contribution in [-0.4, -0.2) is 6.04 Å². The Balaban J connectivity index is 2.13. The molecular weight excluding hydrogens is 218 g/mol. The zero-order valence-electron chi connectivity index (χ0n) is 12.2. The molecule has 0 aliphatic heterocycles. The van der Waals surface area contributed by atoms with E-state index in [1.807, 2.05) is 0 Å². The summed E-state index contributed by atoms with van der Waals surface area (Å²) in [4.78, 5) is 0. The van der Waals surface area contributed by atoms with Crippen molar-refractivity contribution in [3.63, 3.8) is 0 Å². The zero-order chi connectivity index (χ0) is 13.2. The lowest BCUT2D eigenvalue weighted by Crippen LogP contribution is -2.41. The Morgan fingerprint density at radius 3 is 2.33 bits per heavy atom. The largest absolute Gasteiger partial charge is 0.306 e. The van der Waals surface area contributed by atoms with Gasteiger partial charge in [0, 0.05) is 12.1 Å². The molecule has 100 valence electrons. The van der Waals surface area contributed by atoms with Crippen molar-refractivity contribution in [3.8, 4) is 0 Å². The average Bonchev–Trinajstić information content (AvgIpc) is 2.66. The van der Waals surface area contributed by atoms with E-state index in [4.69, 9.17) is 0 Å². The van der Waals surface area contributed by atoms with E-state index in [2.05, 4.69) is 63.3 Å². The molecule has 2 rings (SSSR count). The van der Waals surface area contributed by atoms with E-state index in [9.17, 15) is 0 Å². The van der Waals surface area contributed by atoms with Crippen LogP contribution >= 0.6 is 0 Å². The summed E-state index contributed by atoms with van der Waals surface area (Å²) >= 11 is 0. The zero-order valence-corrected chi connectivity index (χ0v) is 12.2. The van der Waals surface area contributed by atoms with Gasteiger partial charge in [0.25, 0.3) is 0 Å². The van der Waals surface area contributed by atoms with Crippen LogP contribution in [0.2, 0.25) is 0 Å². The molecule has 1 heteroatoms. The number of rotatable bonds is 4. The summed E-state index contributed by atoms with van der Waals surface area (Å²) in [5.74, 6) is 0.629. The minimum atomic E-state index is 0.446. The minimum absolute atomic E-state index is 0.446. The van der Waals surface area contributed by atoms with Gasteiger partial charge in [-0.3, -0.25) is 0 Å². The molecule has 1 aromatic carbocycles. The van der Waals surface area contributed by atoms with Gasteiger partial charge in [-0.2, -0.15) is 0 Å². The number of nitrogens with one attached hydrogen (secondary N) is 1. The van der Waals surface area contributed by atoms with E-state index in [0.717, 1.165) is 0 Å². The topological polar surface area (TPSA) is 12.0 Å². The third-order valence-electron chi connectivity index (χ3n) is 4.46. The van der Waals surface area contributed by atoms with Crippen LogP contribution in [0.4, 0.5) is 0 Å².